The first-order valence-electron chi connectivity index (χ1n) is 8.10. The van der Waals surface area contributed by atoms with Crippen molar-refractivity contribution >= 4 is 11.6 Å². The summed E-state index contributed by atoms with van der Waals surface area (Å²) in [4.78, 5) is 12.6. The van der Waals surface area contributed by atoms with Gasteiger partial charge in [0.1, 0.15) is 5.82 Å². The third-order valence-corrected chi connectivity index (χ3v) is 4.16. The number of rotatable bonds is 4. The number of hydrogen-bond donors (Lipinski definition) is 1. The summed E-state index contributed by atoms with van der Waals surface area (Å²) in [6, 6.07) is 13.9. The Balaban J connectivity index is 1.82. The van der Waals surface area contributed by atoms with E-state index >= 15 is 0 Å². The molecule has 3 aromatic rings. The van der Waals surface area contributed by atoms with Crippen molar-refractivity contribution < 1.29 is 9.18 Å². The van der Waals surface area contributed by atoms with Crippen molar-refractivity contribution in [2.45, 2.75) is 27.3 Å². The summed E-state index contributed by atoms with van der Waals surface area (Å²) in [6.07, 6.45) is 0. The topological polar surface area (TPSA) is 46.9 Å². The highest BCUT2D eigenvalue weighted by atomic mass is 19.1. The molecule has 128 valence electrons. The van der Waals surface area contributed by atoms with E-state index in [4.69, 9.17) is 0 Å². The van der Waals surface area contributed by atoms with Gasteiger partial charge in [-0.3, -0.25) is 9.48 Å². The van der Waals surface area contributed by atoms with E-state index in [9.17, 15) is 9.18 Å². The highest BCUT2D eigenvalue weighted by Crippen LogP contribution is 2.18. The summed E-state index contributed by atoms with van der Waals surface area (Å²) in [5.41, 5.74) is 4.91. The van der Waals surface area contributed by atoms with Gasteiger partial charge >= 0.3 is 0 Å². The largest absolute Gasteiger partial charge is 0.322 e. The van der Waals surface area contributed by atoms with Crippen LogP contribution in [-0.4, -0.2) is 15.7 Å². The summed E-state index contributed by atoms with van der Waals surface area (Å²) in [5.74, 6) is -0.576. The molecule has 1 heterocycles. The van der Waals surface area contributed by atoms with Gasteiger partial charge in [0, 0.05) is 11.4 Å². The average molecular weight is 337 g/mol. The predicted molar refractivity (Wildman–Crippen MR) is 96.3 cm³/mol. The van der Waals surface area contributed by atoms with Crippen molar-refractivity contribution in [3.8, 4) is 0 Å². The van der Waals surface area contributed by atoms with Crippen LogP contribution in [0.15, 0.2) is 48.5 Å². The van der Waals surface area contributed by atoms with Crippen molar-refractivity contribution in [1.29, 1.82) is 0 Å². The Bertz CT molecular complexity index is 896. The second-order valence-electron chi connectivity index (χ2n) is 6.15. The normalized spacial score (nSPS) is 10.7. The van der Waals surface area contributed by atoms with Crippen molar-refractivity contribution in [2.24, 2.45) is 0 Å². The molecule has 2 aromatic carbocycles. The molecule has 0 saturated heterocycles. The SMILES string of the molecule is Cc1ccc(Cn2nc(C)c(C(=O)Nc3ccc(F)cc3)c2C)cc1. The first kappa shape index (κ1) is 16.9. The summed E-state index contributed by atoms with van der Waals surface area (Å²) in [6.45, 7) is 6.35. The third kappa shape index (κ3) is 3.76. The zero-order valence-electron chi connectivity index (χ0n) is 14.5. The molecular weight excluding hydrogens is 317 g/mol. The molecule has 0 fully saturated rings. The Morgan fingerprint density at radius 2 is 1.68 bits per heavy atom. The van der Waals surface area contributed by atoms with Crippen LogP contribution in [0, 0.1) is 26.6 Å². The van der Waals surface area contributed by atoms with Crippen LogP contribution in [0.2, 0.25) is 0 Å². The molecule has 0 saturated carbocycles. The van der Waals surface area contributed by atoms with Crippen LogP contribution < -0.4 is 5.32 Å². The van der Waals surface area contributed by atoms with Crippen LogP contribution in [-0.2, 0) is 6.54 Å². The second kappa shape index (κ2) is 6.89. The highest BCUT2D eigenvalue weighted by Gasteiger charge is 2.19. The first-order valence-corrected chi connectivity index (χ1v) is 8.10. The number of nitrogens with zero attached hydrogens (tertiary/aromatic N) is 2. The molecule has 0 bridgehead atoms. The lowest BCUT2D eigenvalue weighted by Crippen LogP contribution is -2.14. The Hall–Kier alpha value is -2.95. The first-order chi connectivity index (χ1) is 11.9. The van der Waals surface area contributed by atoms with Gasteiger partial charge in [-0.15, -0.1) is 0 Å². The molecule has 0 spiro atoms. The van der Waals surface area contributed by atoms with Crippen molar-refractivity contribution in [3.05, 3.63) is 82.4 Å². The lowest BCUT2D eigenvalue weighted by molar-refractivity contribution is 0.102. The number of carbonyl (C=O) groups excluding carboxylic acids is 1. The number of carbonyl (C=O) groups is 1. The van der Waals surface area contributed by atoms with E-state index in [0.717, 1.165) is 11.3 Å². The Morgan fingerprint density at radius 3 is 2.32 bits per heavy atom. The number of anilines is 1. The third-order valence-electron chi connectivity index (χ3n) is 4.16. The van der Waals surface area contributed by atoms with Crippen LogP contribution in [0.4, 0.5) is 10.1 Å². The minimum Gasteiger partial charge on any atom is -0.322 e. The monoisotopic (exact) mass is 337 g/mol. The predicted octanol–water partition coefficient (Wildman–Crippen LogP) is 4.25. The Morgan fingerprint density at radius 1 is 1.04 bits per heavy atom. The van der Waals surface area contributed by atoms with Crippen molar-refractivity contribution in [3.63, 3.8) is 0 Å². The smallest absolute Gasteiger partial charge is 0.259 e. The van der Waals surface area contributed by atoms with Gasteiger partial charge in [0.15, 0.2) is 0 Å². The van der Waals surface area contributed by atoms with Crippen LogP contribution in [0.3, 0.4) is 0 Å². The van der Waals surface area contributed by atoms with E-state index < -0.39 is 0 Å². The van der Waals surface area contributed by atoms with E-state index in [1.807, 2.05) is 25.5 Å². The Kier molecular flexibility index (Phi) is 4.65. The van der Waals surface area contributed by atoms with Crippen LogP contribution in [0.1, 0.15) is 32.9 Å². The van der Waals surface area contributed by atoms with Crippen LogP contribution >= 0.6 is 0 Å². The number of aryl methyl sites for hydroxylation is 2. The average Bonchev–Trinajstić information content (AvgIpc) is 2.85. The van der Waals surface area contributed by atoms with Gasteiger partial charge in [-0.1, -0.05) is 29.8 Å². The highest BCUT2D eigenvalue weighted by molar-refractivity contribution is 6.05. The standard InChI is InChI=1S/C20H20FN3O/c1-13-4-6-16(7-5-13)12-24-15(3)19(14(2)23-24)20(25)22-18-10-8-17(21)9-11-18/h4-11H,12H2,1-3H3,(H,22,25). The maximum atomic E-state index is 13.0. The number of amides is 1. The van der Waals surface area contributed by atoms with Crippen molar-refractivity contribution in [1.82, 2.24) is 9.78 Å². The molecule has 0 atom stereocenters. The Labute approximate surface area is 146 Å². The van der Waals surface area contributed by atoms with E-state index in [1.165, 1.54) is 29.8 Å². The molecule has 0 aliphatic heterocycles. The van der Waals surface area contributed by atoms with Crippen molar-refractivity contribution in [2.75, 3.05) is 5.32 Å². The van der Waals surface area contributed by atoms with Gasteiger partial charge in [-0.05, 0) is 50.6 Å². The van der Waals surface area contributed by atoms with Crippen LogP contribution in [0.5, 0.6) is 0 Å². The van der Waals surface area contributed by atoms with Gasteiger partial charge in [-0.2, -0.15) is 5.10 Å². The number of aromatic nitrogens is 2. The summed E-state index contributed by atoms with van der Waals surface area (Å²) in [5, 5.41) is 7.29. The van der Waals surface area contributed by atoms with Gasteiger partial charge in [0.25, 0.3) is 5.91 Å². The molecule has 5 heteroatoms. The lowest BCUT2D eigenvalue weighted by Gasteiger charge is -2.07. The van der Waals surface area contributed by atoms with Crippen LogP contribution in [0.25, 0.3) is 0 Å². The molecule has 1 aromatic heterocycles. The van der Waals surface area contributed by atoms with E-state index in [1.54, 1.807) is 0 Å². The number of hydrogen-bond acceptors (Lipinski definition) is 2. The fourth-order valence-corrected chi connectivity index (χ4v) is 2.77. The molecule has 4 nitrogen and oxygen atoms in total. The number of benzene rings is 2. The van der Waals surface area contributed by atoms with Gasteiger partial charge in [0.2, 0.25) is 0 Å². The van der Waals surface area contributed by atoms with E-state index in [2.05, 4.69) is 34.7 Å². The summed E-state index contributed by atoms with van der Waals surface area (Å²) >= 11 is 0. The van der Waals surface area contributed by atoms with E-state index in [-0.39, 0.29) is 11.7 Å². The number of halogens is 1. The molecule has 0 radical (unpaired) electrons. The molecule has 1 amide bonds. The number of nitrogens with one attached hydrogen (secondary N) is 1. The summed E-state index contributed by atoms with van der Waals surface area (Å²) in [7, 11) is 0. The molecule has 0 aliphatic rings. The van der Waals surface area contributed by atoms with E-state index in [0.29, 0.717) is 23.5 Å². The molecule has 25 heavy (non-hydrogen) atoms. The molecule has 3 rings (SSSR count). The second-order valence-corrected chi connectivity index (χ2v) is 6.15. The maximum absolute atomic E-state index is 13.0. The summed E-state index contributed by atoms with van der Waals surface area (Å²) < 4.78 is 14.8. The minimum atomic E-state index is -0.337. The zero-order valence-corrected chi connectivity index (χ0v) is 14.5. The molecule has 0 unspecified atom stereocenters. The maximum Gasteiger partial charge on any atom is 0.259 e. The fourth-order valence-electron chi connectivity index (χ4n) is 2.77. The van der Waals surface area contributed by atoms with Gasteiger partial charge in [0.05, 0.1) is 17.8 Å². The van der Waals surface area contributed by atoms with Gasteiger partial charge in [-0.25, -0.2) is 4.39 Å². The fraction of sp³-hybridized carbons (Fsp3) is 0.200. The molecular formula is C20H20FN3O. The zero-order chi connectivity index (χ0) is 18.0. The molecule has 0 aliphatic carbocycles. The van der Waals surface area contributed by atoms with Gasteiger partial charge < -0.3 is 5.32 Å². The minimum absolute atomic E-state index is 0.239. The quantitative estimate of drug-likeness (QED) is 0.774. The molecule has 1 N–H and O–H groups in total. The lowest BCUT2D eigenvalue weighted by atomic mass is 10.1.